The van der Waals surface area contributed by atoms with Crippen LogP contribution in [0.25, 0.3) is 0 Å². The van der Waals surface area contributed by atoms with E-state index in [0.717, 1.165) is 30.3 Å². The third-order valence-corrected chi connectivity index (χ3v) is 6.48. The van der Waals surface area contributed by atoms with Gasteiger partial charge in [-0.2, -0.15) is 30.7 Å². The van der Waals surface area contributed by atoms with E-state index >= 15 is 0 Å². The fourth-order valence-electron chi connectivity index (χ4n) is 4.43. The van der Waals surface area contributed by atoms with Crippen LogP contribution in [-0.4, -0.2) is 23.5 Å². The molecule has 0 spiro atoms. The van der Waals surface area contributed by atoms with Gasteiger partial charge in [-0.1, -0.05) is 24.3 Å². The molecule has 0 saturated carbocycles. The van der Waals surface area contributed by atoms with Crippen LogP contribution in [0, 0.1) is 17.5 Å². The van der Waals surface area contributed by atoms with Crippen molar-refractivity contribution in [3.05, 3.63) is 130 Å². The maximum atomic E-state index is 14.9. The lowest BCUT2D eigenvalue weighted by molar-refractivity contribution is -0.253. The second-order valence-corrected chi connectivity index (χ2v) is 9.54. The van der Waals surface area contributed by atoms with Crippen molar-refractivity contribution in [3.63, 3.8) is 0 Å². The summed E-state index contributed by atoms with van der Waals surface area (Å²) in [4.78, 5) is 13.5. The fourth-order valence-corrected chi connectivity index (χ4v) is 4.43. The van der Waals surface area contributed by atoms with Crippen molar-refractivity contribution in [2.24, 2.45) is 0 Å². The number of nitrogens with one attached hydrogen (secondary N) is 1. The summed E-state index contributed by atoms with van der Waals surface area (Å²) in [6.07, 6.45) is -15.1. The van der Waals surface area contributed by atoms with E-state index in [2.05, 4.69) is 10.1 Å². The minimum absolute atomic E-state index is 0.0735. The molecule has 4 rings (SSSR count). The van der Waals surface area contributed by atoms with Crippen LogP contribution in [0.15, 0.2) is 84.9 Å². The number of phenolic OH excluding ortho intramolecular Hbond substituents is 1. The van der Waals surface area contributed by atoms with Gasteiger partial charge in [0, 0.05) is 18.1 Å². The molecule has 14 heteroatoms. The highest BCUT2D eigenvalue weighted by Crippen LogP contribution is 2.39. The SMILES string of the molecule is O=C(N[C@@](Cc1ccc(O)cc1)(c1ccc(F)cc1)c1cc(F)cc(OC(F)(F)C(F)F)c1)c1ccc(F)c(C(F)(F)F)c1. The Bertz CT molecular complexity index is 1640. The van der Waals surface area contributed by atoms with Gasteiger partial charge in [0.2, 0.25) is 0 Å². The molecule has 0 aliphatic heterocycles. The molecule has 0 saturated heterocycles. The van der Waals surface area contributed by atoms with Crippen LogP contribution < -0.4 is 10.1 Å². The first kappa shape index (κ1) is 32.2. The Morgan fingerprint density at radius 1 is 0.773 bits per heavy atom. The lowest BCUT2D eigenvalue weighted by atomic mass is 9.77. The maximum absolute atomic E-state index is 14.9. The number of carbonyl (C=O) groups is 1. The number of rotatable bonds is 9. The number of carbonyl (C=O) groups excluding carboxylic acids is 1. The number of hydrogen-bond donors (Lipinski definition) is 2. The molecule has 0 aliphatic rings. The summed E-state index contributed by atoms with van der Waals surface area (Å²) in [5.41, 5.74) is -4.93. The topological polar surface area (TPSA) is 58.6 Å². The van der Waals surface area contributed by atoms with E-state index in [0.29, 0.717) is 24.3 Å². The zero-order valence-electron chi connectivity index (χ0n) is 21.9. The summed E-state index contributed by atoms with van der Waals surface area (Å²) >= 11 is 0. The highest BCUT2D eigenvalue weighted by molar-refractivity contribution is 5.95. The number of phenols is 1. The number of alkyl halides is 7. The first-order chi connectivity index (χ1) is 20.5. The molecule has 4 nitrogen and oxygen atoms in total. The van der Waals surface area contributed by atoms with Gasteiger partial charge in [0.1, 0.15) is 29.0 Å². The van der Waals surface area contributed by atoms with Crippen molar-refractivity contribution in [1.29, 1.82) is 0 Å². The second kappa shape index (κ2) is 12.1. The van der Waals surface area contributed by atoms with Crippen molar-refractivity contribution < 1.29 is 58.5 Å². The van der Waals surface area contributed by atoms with Crippen LogP contribution in [0.5, 0.6) is 11.5 Å². The maximum Gasteiger partial charge on any atom is 0.461 e. The Kier molecular flexibility index (Phi) is 8.84. The van der Waals surface area contributed by atoms with Crippen molar-refractivity contribution in [1.82, 2.24) is 5.32 Å². The number of benzene rings is 4. The summed E-state index contributed by atoms with van der Waals surface area (Å²) in [7, 11) is 0. The van der Waals surface area contributed by atoms with Crippen LogP contribution in [0.3, 0.4) is 0 Å². The smallest absolute Gasteiger partial charge is 0.461 e. The van der Waals surface area contributed by atoms with E-state index in [1.807, 2.05) is 0 Å². The third-order valence-electron chi connectivity index (χ3n) is 6.48. The molecule has 0 aromatic heterocycles. The number of halogens is 10. The third kappa shape index (κ3) is 7.06. The van der Waals surface area contributed by atoms with E-state index in [-0.39, 0.29) is 22.9 Å². The fraction of sp³-hybridized carbons (Fsp3) is 0.167. The molecule has 0 aliphatic carbocycles. The van der Waals surface area contributed by atoms with Crippen molar-refractivity contribution in [2.75, 3.05) is 0 Å². The quantitative estimate of drug-likeness (QED) is 0.184. The molecule has 0 radical (unpaired) electrons. The Morgan fingerprint density at radius 2 is 1.41 bits per heavy atom. The van der Waals surface area contributed by atoms with Crippen LogP contribution in [0.2, 0.25) is 0 Å². The number of hydrogen-bond acceptors (Lipinski definition) is 3. The average Bonchev–Trinajstić information content (AvgIpc) is 2.93. The van der Waals surface area contributed by atoms with E-state index < -0.39 is 76.5 Å². The van der Waals surface area contributed by atoms with Crippen LogP contribution in [-0.2, 0) is 18.1 Å². The first-order valence-corrected chi connectivity index (χ1v) is 12.4. The second-order valence-electron chi connectivity index (χ2n) is 9.54. The average molecular weight is 631 g/mol. The molecular formula is C30H19F10NO3. The number of aromatic hydroxyl groups is 1. The molecule has 4 aromatic carbocycles. The van der Waals surface area contributed by atoms with Crippen molar-refractivity contribution in [3.8, 4) is 11.5 Å². The number of ether oxygens (including phenoxy) is 1. The van der Waals surface area contributed by atoms with Crippen LogP contribution in [0.1, 0.15) is 32.6 Å². The van der Waals surface area contributed by atoms with E-state index in [9.17, 15) is 53.8 Å². The highest BCUT2D eigenvalue weighted by atomic mass is 19.4. The largest absolute Gasteiger partial charge is 0.508 e. The van der Waals surface area contributed by atoms with Gasteiger partial charge in [0.05, 0.1) is 11.1 Å². The van der Waals surface area contributed by atoms with E-state index in [1.54, 1.807) is 0 Å². The van der Waals surface area contributed by atoms with Gasteiger partial charge in [-0.15, -0.1) is 0 Å². The van der Waals surface area contributed by atoms with E-state index in [4.69, 9.17) is 0 Å². The van der Waals surface area contributed by atoms with Gasteiger partial charge < -0.3 is 15.2 Å². The minimum Gasteiger partial charge on any atom is -0.508 e. The predicted molar refractivity (Wildman–Crippen MR) is 136 cm³/mol. The standard InChI is InChI=1S/C30H19F10NO3/c31-20-6-4-18(5-7-20)28(15-16-1-8-22(42)9-2-16,19-12-21(32)14-23(13-19)44-30(39,40)27(34)35)41-26(43)17-3-10-25(33)24(11-17)29(36,37)38/h1-14,27,42H,15H2,(H,41,43)/t28-/m0/s1. The molecule has 0 bridgehead atoms. The highest BCUT2D eigenvalue weighted by Gasteiger charge is 2.45. The molecule has 0 heterocycles. The molecular weight excluding hydrogens is 612 g/mol. The molecule has 2 N–H and O–H groups in total. The monoisotopic (exact) mass is 631 g/mol. The molecule has 1 atom stereocenters. The summed E-state index contributed by atoms with van der Waals surface area (Å²) < 4.78 is 140. The molecule has 4 aromatic rings. The van der Waals surface area contributed by atoms with Crippen molar-refractivity contribution in [2.45, 2.75) is 30.7 Å². The minimum atomic E-state index is -5.20. The zero-order chi connectivity index (χ0) is 32.4. The normalized spacial score (nSPS) is 13.4. The zero-order valence-corrected chi connectivity index (χ0v) is 21.9. The Labute approximate surface area is 242 Å². The first-order valence-electron chi connectivity index (χ1n) is 12.4. The van der Waals surface area contributed by atoms with Gasteiger partial charge in [0.25, 0.3) is 5.91 Å². The lowest BCUT2D eigenvalue weighted by Crippen LogP contribution is -2.48. The Balaban J connectivity index is 1.96. The Morgan fingerprint density at radius 3 is 2.00 bits per heavy atom. The van der Waals surface area contributed by atoms with Gasteiger partial charge in [-0.3, -0.25) is 4.79 Å². The van der Waals surface area contributed by atoms with Crippen LogP contribution in [0.4, 0.5) is 43.9 Å². The molecule has 44 heavy (non-hydrogen) atoms. The Hall–Kier alpha value is -4.75. The molecule has 0 unspecified atom stereocenters. The van der Waals surface area contributed by atoms with Gasteiger partial charge in [0.15, 0.2) is 0 Å². The summed E-state index contributed by atoms with van der Waals surface area (Å²) in [5.74, 6) is -6.40. The van der Waals surface area contributed by atoms with Gasteiger partial charge in [-0.25, -0.2) is 13.2 Å². The van der Waals surface area contributed by atoms with Crippen LogP contribution >= 0.6 is 0 Å². The molecule has 1 amide bonds. The lowest BCUT2D eigenvalue weighted by Gasteiger charge is -2.37. The predicted octanol–water partition coefficient (Wildman–Crippen LogP) is 7.98. The molecule has 0 fully saturated rings. The van der Waals surface area contributed by atoms with Gasteiger partial charge in [-0.05, 0) is 71.3 Å². The summed E-state index contributed by atoms with van der Waals surface area (Å²) in [5, 5.41) is 12.1. The van der Waals surface area contributed by atoms with E-state index in [1.165, 1.54) is 24.3 Å². The summed E-state index contributed by atoms with van der Waals surface area (Å²) in [6, 6.07) is 12.2. The summed E-state index contributed by atoms with van der Waals surface area (Å²) in [6.45, 7) is 0. The molecule has 232 valence electrons. The number of amides is 1. The van der Waals surface area contributed by atoms with Crippen molar-refractivity contribution >= 4 is 5.91 Å². The van der Waals surface area contributed by atoms with Gasteiger partial charge >= 0.3 is 18.7 Å².